The number of amides is 4. The predicted octanol–water partition coefficient (Wildman–Crippen LogP) is 1.64. The highest BCUT2D eigenvalue weighted by Crippen LogP contribution is 2.18. The molecule has 2 aromatic carbocycles. The van der Waals surface area contributed by atoms with Crippen LogP contribution in [0.3, 0.4) is 0 Å². The Balaban J connectivity index is 1.70. The molecule has 1 saturated heterocycles. The molecule has 4 amide bonds. The highest BCUT2D eigenvalue weighted by Gasteiger charge is 2.33. The SMILES string of the molecule is NC(=O)COc1ccc(/C=C2\NC(=O)N(Cc3ccccc3)C2=O)cc1. The van der Waals surface area contributed by atoms with Crippen LogP contribution >= 0.6 is 0 Å². The second-order valence-corrected chi connectivity index (χ2v) is 5.69. The van der Waals surface area contributed by atoms with Crippen LogP contribution in [0.2, 0.25) is 0 Å². The Kier molecular flexibility index (Phi) is 4.98. The number of rotatable bonds is 6. The Morgan fingerprint density at radius 3 is 2.42 bits per heavy atom. The van der Waals surface area contributed by atoms with Crippen molar-refractivity contribution < 1.29 is 19.1 Å². The fraction of sp³-hybridized carbons (Fsp3) is 0.105. The van der Waals surface area contributed by atoms with Crippen molar-refractivity contribution in [1.29, 1.82) is 0 Å². The van der Waals surface area contributed by atoms with Gasteiger partial charge in [0.1, 0.15) is 11.4 Å². The van der Waals surface area contributed by atoms with E-state index in [2.05, 4.69) is 5.32 Å². The highest BCUT2D eigenvalue weighted by atomic mass is 16.5. The highest BCUT2D eigenvalue weighted by molar-refractivity contribution is 6.13. The molecule has 3 N–H and O–H groups in total. The van der Waals surface area contributed by atoms with E-state index in [9.17, 15) is 14.4 Å². The van der Waals surface area contributed by atoms with Crippen molar-refractivity contribution in [2.24, 2.45) is 5.73 Å². The van der Waals surface area contributed by atoms with Crippen LogP contribution in [0.25, 0.3) is 6.08 Å². The Hall–Kier alpha value is -3.61. The van der Waals surface area contributed by atoms with Crippen LogP contribution in [0.4, 0.5) is 4.79 Å². The maximum atomic E-state index is 12.5. The molecule has 132 valence electrons. The van der Waals surface area contributed by atoms with Crippen LogP contribution in [0.5, 0.6) is 5.75 Å². The summed E-state index contributed by atoms with van der Waals surface area (Å²) in [4.78, 5) is 36.4. The van der Waals surface area contributed by atoms with E-state index in [1.165, 1.54) is 0 Å². The van der Waals surface area contributed by atoms with Crippen molar-refractivity contribution in [3.63, 3.8) is 0 Å². The summed E-state index contributed by atoms with van der Waals surface area (Å²) in [5.41, 5.74) is 6.80. The number of hydrogen-bond donors (Lipinski definition) is 2. The summed E-state index contributed by atoms with van der Waals surface area (Å²) < 4.78 is 5.17. The third-order valence-electron chi connectivity index (χ3n) is 3.72. The van der Waals surface area contributed by atoms with E-state index in [0.717, 1.165) is 10.5 Å². The lowest BCUT2D eigenvalue weighted by atomic mass is 10.1. The quantitative estimate of drug-likeness (QED) is 0.610. The molecule has 0 unspecified atom stereocenters. The third kappa shape index (κ3) is 4.07. The average molecular weight is 351 g/mol. The first-order valence-corrected chi connectivity index (χ1v) is 7.92. The molecule has 2 aromatic rings. The summed E-state index contributed by atoms with van der Waals surface area (Å²) >= 11 is 0. The fourth-order valence-corrected chi connectivity index (χ4v) is 2.46. The van der Waals surface area contributed by atoms with Gasteiger partial charge in [-0.1, -0.05) is 42.5 Å². The van der Waals surface area contributed by atoms with Crippen LogP contribution in [0.1, 0.15) is 11.1 Å². The summed E-state index contributed by atoms with van der Waals surface area (Å²) in [5, 5.41) is 2.58. The monoisotopic (exact) mass is 351 g/mol. The number of hydrogen-bond acceptors (Lipinski definition) is 4. The standard InChI is InChI=1S/C19H17N3O4/c20-17(23)12-26-15-8-6-13(7-9-15)10-16-18(24)22(19(25)21-16)11-14-4-2-1-3-5-14/h1-10H,11-12H2,(H2,20,23)(H,21,25)/b16-10-. The molecule has 7 nitrogen and oxygen atoms in total. The summed E-state index contributed by atoms with van der Waals surface area (Å²) in [6.07, 6.45) is 1.59. The van der Waals surface area contributed by atoms with Crippen molar-refractivity contribution in [1.82, 2.24) is 10.2 Å². The van der Waals surface area contributed by atoms with Crippen molar-refractivity contribution in [3.8, 4) is 5.75 Å². The molecular weight excluding hydrogens is 334 g/mol. The number of nitrogens with one attached hydrogen (secondary N) is 1. The number of imide groups is 1. The van der Waals surface area contributed by atoms with Crippen LogP contribution in [-0.4, -0.2) is 29.4 Å². The van der Waals surface area contributed by atoms with Gasteiger partial charge in [-0.3, -0.25) is 14.5 Å². The predicted molar refractivity (Wildman–Crippen MR) is 94.6 cm³/mol. The number of carbonyl (C=O) groups is 3. The molecule has 7 heteroatoms. The number of benzene rings is 2. The Morgan fingerprint density at radius 1 is 1.08 bits per heavy atom. The maximum Gasteiger partial charge on any atom is 0.329 e. The number of urea groups is 1. The van der Waals surface area contributed by atoms with Gasteiger partial charge < -0.3 is 15.8 Å². The van der Waals surface area contributed by atoms with E-state index in [0.29, 0.717) is 11.3 Å². The normalized spacial score (nSPS) is 15.2. The molecule has 1 heterocycles. The lowest BCUT2D eigenvalue weighted by molar-refractivity contribution is -0.123. The van der Waals surface area contributed by atoms with Crippen LogP contribution in [0, 0.1) is 0 Å². The third-order valence-corrected chi connectivity index (χ3v) is 3.72. The van der Waals surface area contributed by atoms with Crippen molar-refractivity contribution in [2.45, 2.75) is 6.54 Å². The summed E-state index contributed by atoms with van der Waals surface area (Å²) in [5.74, 6) is -0.458. The molecule has 0 saturated carbocycles. The van der Waals surface area contributed by atoms with Crippen molar-refractivity contribution in [2.75, 3.05) is 6.61 Å². The van der Waals surface area contributed by atoms with E-state index >= 15 is 0 Å². The smallest absolute Gasteiger partial charge is 0.329 e. The molecule has 3 rings (SSSR count). The summed E-state index contributed by atoms with van der Waals surface area (Å²) in [6.45, 7) is 0.00612. The van der Waals surface area contributed by atoms with Gasteiger partial charge in [-0.15, -0.1) is 0 Å². The lowest BCUT2D eigenvalue weighted by Crippen LogP contribution is -2.30. The second kappa shape index (κ2) is 7.52. The second-order valence-electron chi connectivity index (χ2n) is 5.69. The molecule has 1 aliphatic rings. The number of carbonyl (C=O) groups excluding carboxylic acids is 3. The Bertz CT molecular complexity index is 860. The van der Waals surface area contributed by atoms with Gasteiger partial charge in [-0.2, -0.15) is 0 Å². The van der Waals surface area contributed by atoms with E-state index in [1.807, 2.05) is 30.3 Å². The Labute approximate surface area is 150 Å². The van der Waals surface area contributed by atoms with Crippen molar-refractivity contribution >= 4 is 23.9 Å². The van der Waals surface area contributed by atoms with Gasteiger partial charge in [0.15, 0.2) is 6.61 Å². The first kappa shape index (κ1) is 17.2. The molecular formula is C19H17N3O4. The number of nitrogens with zero attached hydrogens (tertiary/aromatic N) is 1. The zero-order chi connectivity index (χ0) is 18.5. The van der Waals surface area contributed by atoms with E-state index in [4.69, 9.17) is 10.5 Å². The van der Waals surface area contributed by atoms with Gasteiger partial charge in [-0.25, -0.2) is 4.79 Å². The van der Waals surface area contributed by atoms with Gasteiger partial charge >= 0.3 is 6.03 Å². The minimum atomic E-state index is -0.561. The molecule has 0 spiro atoms. The Morgan fingerprint density at radius 2 is 1.77 bits per heavy atom. The molecule has 0 aromatic heterocycles. The van der Waals surface area contributed by atoms with E-state index in [1.54, 1.807) is 30.3 Å². The largest absolute Gasteiger partial charge is 0.484 e. The van der Waals surface area contributed by atoms with E-state index < -0.39 is 11.9 Å². The molecule has 1 aliphatic heterocycles. The van der Waals surface area contributed by atoms with Gasteiger partial charge in [0.25, 0.3) is 11.8 Å². The number of primary amides is 1. The topological polar surface area (TPSA) is 102 Å². The van der Waals surface area contributed by atoms with E-state index in [-0.39, 0.29) is 24.8 Å². The first-order chi connectivity index (χ1) is 12.5. The average Bonchev–Trinajstić information content (AvgIpc) is 2.89. The lowest BCUT2D eigenvalue weighted by Gasteiger charge is -2.11. The molecule has 26 heavy (non-hydrogen) atoms. The zero-order valence-corrected chi connectivity index (χ0v) is 13.8. The molecule has 1 fully saturated rings. The molecule has 0 bridgehead atoms. The van der Waals surface area contributed by atoms with Crippen LogP contribution in [-0.2, 0) is 16.1 Å². The molecule has 0 atom stereocenters. The fourth-order valence-electron chi connectivity index (χ4n) is 2.46. The van der Waals surface area contributed by atoms with Gasteiger partial charge in [0.05, 0.1) is 6.54 Å². The summed E-state index contributed by atoms with van der Waals surface area (Å²) in [6, 6.07) is 15.6. The van der Waals surface area contributed by atoms with Crippen LogP contribution < -0.4 is 15.8 Å². The van der Waals surface area contributed by atoms with Crippen LogP contribution in [0.15, 0.2) is 60.3 Å². The number of nitrogens with two attached hydrogens (primary N) is 1. The van der Waals surface area contributed by atoms with Crippen molar-refractivity contribution in [3.05, 3.63) is 71.4 Å². The molecule has 0 radical (unpaired) electrons. The van der Waals surface area contributed by atoms with Gasteiger partial charge in [0, 0.05) is 0 Å². The minimum Gasteiger partial charge on any atom is -0.484 e. The molecule has 0 aliphatic carbocycles. The minimum absolute atomic E-state index is 0.205. The zero-order valence-electron chi connectivity index (χ0n) is 13.8. The summed E-state index contributed by atoms with van der Waals surface area (Å²) in [7, 11) is 0. The first-order valence-electron chi connectivity index (χ1n) is 7.92. The number of ether oxygens (including phenoxy) is 1. The van der Waals surface area contributed by atoms with Gasteiger partial charge in [-0.05, 0) is 29.3 Å². The maximum absolute atomic E-state index is 12.5. The van der Waals surface area contributed by atoms with Gasteiger partial charge in [0.2, 0.25) is 0 Å².